The lowest BCUT2D eigenvalue weighted by Gasteiger charge is -2.08. The maximum Gasteiger partial charge on any atom is 0.148 e. The largest absolute Gasteiger partial charge is 0.303 e. The van der Waals surface area contributed by atoms with Crippen LogP contribution in [0.5, 0.6) is 0 Å². The molecule has 2 nitrogen and oxygen atoms in total. The monoisotopic (exact) mass is 181 g/mol. The van der Waals surface area contributed by atoms with Gasteiger partial charge in [0.05, 0.1) is 5.69 Å². The van der Waals surface area contributed by atoms with E-state index in [2.05, 4.69) is 4.98 Å². The van der Waals surface area contributed by atoms with Gasteiger partial charge in [-0.25, -0.2) is 4.39 Å². The van der Waals surface area contributed by atoms with E-state index in [4.69, 9.17) is 0 Å². The highest BCUT2D eigenvalue weighted by atomic mass is 19.1. The van der Waals surface area contributed by atoms with Gasteiger partial charge in [-0.1, -0.05) is 13.8 Å². The molecular formula is C10H12FNO. The van der Waals surface area contributed by atoms with Gasteiger partial charge in [-0.15, -0.1) is 0 Å². The Labute approximate surface area is 76.8 Å². The normalized spacial score (nSPS) is 10.5. The number of pyridine rings is 1. The van der Waals surface area contributed by atoms with Crippen LogP contribution >= 0.6 is 0 Å². The Morgan fingerprint density at radius 1 is 1.62 bits per heavy atom. The van der Waals surface area contributed by atoms with Crippen molar-refractivity contribution in [3.05, 3.63) is 29.3 Å². The molecule has 0 saturated carbocycles. The summed E-state index contributed by atoms with van der Waals surface area (Å²) in [7, 11) is 0. The molecule has 0 amide bonds. The number of halogens is 1. The summed E-state index contributed by atoms with van der Waals surface area (Å²) in [5, 5.41) is 0. The third kappa shape index (κ3) is 2.11. The van der Waals surface area contributed by atoms with Crippen LogP contribution in [0, 0.1) is 5.82 Å². The first kappa shape index (κ1) is 9.84. The fraction of sp³-hybridized carbons (Fsp3) is 0.400. The molecule has 0 bridgehead atoms. The molecule has 0 saturated heterocycles. The van der Waals surface area contributed by atoms with Gasteiger partial charge in [0.15, 0.2) is 0 Å². The molecule has 3 heteroatoms. The summed E-state index contributed by atoms with van der Waals surface area (Å²) in [5.41, 5.74) is 0.855. The summed E-state index contributed by atoms with van der Waals surface area (Å²) in [4.78, 5) is 14.0. The molecule has 0 aliphatic heterocycles. The molecule has 0 aliphatic carbocycles. The van der Waals surface area contributed by atoms with Crippen LogP contribution in [0.4, 0.5) is 4.39 Å². The van der Waals surface area contributed by atoms with Crippen LogP contribution in [0.25, 0.3) is 0 Å². The van der Waals surface area contributed by atoms with Crippen molar-refractivity contribution in [1.82, 2.24) is 4.98 Å². The van der Waals surface area contributed by atoms with E-state index in [1.54, 1.807) is 6.07 Å². The molecule has 1 aromatic rings. The van der Waals surface area contributed by atoms with Crippen LogP contribution < -0.4 is 0 Å². The molecule has 0 fully saturated rings. The Bertz CT molecular complexity index is 310. The minimum absolute atomic E-state index is 0.0480. The number of hydrogen-bond donors (Lipinski definition) is 0. The average molecular weight is 181 g/mol. The first-order valence-electron chi connectivity index (χ1n) is 4.23. The maximum absolute atomic E-state index is 13.5. The topological polar surface area (TPSA) is 30.0 Å². The van der Waals surface area contributed by atoms with E-state index in [0.717, 1.165) is 0 Å². The Morgan fingerprint density at radius 2 is 2.31 bits per heavy atom. The molecule has 0 spiro atoms. The predicted molar refractivity (Wildman–Crippen MR) is 48.1 cm³/mol. The van der Waals surface area contributed by atoms with Gasteiger partial charge in [-0.05, 0) is 17.5 Å². The summed E-state index contributed by atoms with van der Waals surface area (Å²) in [6.45, 7) is 3.81. The molecule has 70 valence electrons. The lowest BCUT2D eigenvalue weighted by Crippen LogP contribution is -2.01. The average Bonchev–Trinajstić information content (AvgIpc) is 2.08. The Balaban J connectivity index is 3.10. The number of aromatic nitrogens is 1. The van der Waals surface area contributed by atoms with Gasteiger partial charge in [-0.2, -0.15) is 0 Å². The lowest BCUT2D eigenvalue weighted by atomic mass is 10.0. The minimum Gasteiger partial charge on any atom is -0.303 e. The zero-order chi connectivity index (χ0) is 9.84. The number of hydrogen-bond acceptors (Lipinski definition) is 2. The van der Waals surface area contributed by atoms with Crippen LogP contribution in [-0.2, 0) is 11.2 Å². The molecule has 0 atom stereocenters. The van der Waals surface area contributed by atoms with E-state index < -0.39 is 0 Å². The third-order valence-electron chi connectivity index (χ3n) is 1.89. The first-order valence-corrected chi connectivity index (χ1v) is 4.23. The predicted octanol–water partition coefficient (Wildman–Crippen LogP) is 2.09. The zero-order valence-electron chi connectivity index (χ0n) is 7.75. The van der Waals surface area contributed by atoms with Gasteiger partial charge in [-0.3, -0.25) is 4.98 Å². The molecule has 1 aromatic heterocycles. The molecule has 13 heavy (non-hydrogen) atoms. The summed E-state index contributed by atoms with van der Waals surface area (Å²) >= 11 is 0. The molecule has 0 aromatic carbocycles. The van der Waals surface area contributed by atoms with Gasteiger partial charge in [0, 0.05) is 12.6 Å². The summed E-state index contributed by atoms with van der Waals surface area (Å²) in [6.07, 6.45) is 2.25. The molecule has 1 heterocycles. The standard InChI is InChI=1S/C10H12FNO/c1-7(2)8-3-5-12-9(4-6-13)10(8)11/h3,5-7H,4H2,1-2H3. The number of carbonyl (C=O) groups excluding carboxylic acids is 1. The van der Waals surface area contributed by atoms with E-state index in [1.807, 2.05) is 13.8 Å². The number of rotatable bonds is 3. The Hall–Kier alpha value is -1.25. The van der Waals surface area contributed by atoms with Crippen molar-refractivity contribution in [2.24, 2.45) is 0 Å². The molecule has 0 unspecified atom stereocenters. The highest BCUT2D eigenvalue weighted by molar-refractivity contribution is 5.54. The molecule has 0 radical (unpaired) electrons. The van der Waals surface area contributed by atoms with E-state index in [-0.39, 0.29) is 23.8 Å². The van der Waals surface area contributed by atoms with Gasteiger partial charge < -0.3 is 4.79 Å². The van der Waals surface area contributed by atoms with Crippen LogP contribution in [0.2, 0.25) is 0 Å². The smallest absolute Gasteiger partial charge is 0.148 e. The van der Waals surface area contributed by atoms with Crippen molar-refractivity contribution >= 4 is 6.29 Å². The van der Waals surface area contributed by atoms with Crippen molar-refractivity contribution in [2.45, 2.75) is 26.2 Å². The molecule has 1 rings (SSSR count). The number of nitrogens with zero attached hydrogens (tertiary/aromatic N) is 1. The van der Waals surface area contributed by atoms with E-state index >= 15 is 0 Å². The first-order chi connectivity index (χ1) is 6.16. The SMILES string of the molecule is CC(C)c1ccnc(CC=O)c1F. The van der Waals surface area contributed by atoms with E-state index in [1.165, 1.54) is 6.20 Å². The minimum atomic E-state index is -0.343. The lowest BCUT2D eigenvalue weighted by molar-refractivity contribution is -0.107. The van der Waals surface area contributed by atoms with Gasteiger partial charge in [0.25, 0.3) is 0 Å². The zero-order valence-corrected chi connectivity index (χ0v) is 7.75. The summed E-state index contributed by atoms with van der Waals surface area (Å²) in [5.74, 6) is -0.224. The van der Waals surface area contributed by atoms with Gasteiger partial charge >= 0.3 is 0 Å². The number of carbonyl (C=O) groups is 1. The van der Waals surface area contributed by atoms with Crippen LogP contribution in [-0.4, -0.2) is 11.3 Å². The van der Waals surface area contributed by atoms with Crippen LogP contribution in [0.1, 0.15) is 31.0 Å². The van der Waals surface area contributed by atoms with Crippen molar-refractivity contribution in [2.75, 3.05) is 0 Å². The summed E-state index contributed by atoms with van der Waals surface area (Å²) < 4.78 is 13.5. The van der Waals surface area contributed by atoms with Gasteiger partial charge in [0.1, 0.15) is 12.1 Å². The maximum atomic E-state index is 13.5. The van der Waals surface area contributed by atoms with E-state index in [0.29, 0.717) is 11.8 Å². The van der Waals surface area contributed by atoms with E-state index in [9.17, 15) is 9.18 Å². The second kappa shape index (κ2) is 4.12. The molecular weight excluding hydrogens is 169 g/mol. The van der Waals surface area contributed by atoms with Crippen molar-refractivity contribution in [3.8, 4) is 0 Å². The third-order valence-corrected chi connectivity index (χ3v) is 1.89. The number of aldehydes is 1. The second-order valence-electron chi connectivity index (χ2n) is 3.19. The fourth-order valence-corrected chi connectivity index (χ4v) is 1.17. The van der Waals surface area contributed by atoms with Crippen LogP contribution in [0.3, 0.4) is 0 Å². The highest BCUT2D eigenvalue weighted by Gasteiger charge is 2.10. The van der Waals surface area contributed by atoms with Crippen molar-refractivity contribution in [1.29, 1.82) is 0 Å². The Morgan fingerprint density at radius 3 is 2.85 bits per heavy atom. The quantitative estimate of drug-likeness (QED) is 0.668. The highest BCUT2D eigenvalue weighted by Crippen LogP contribution is 2.19. The Kier molecular flexibility index (Phi) is 3.12. The molecule has 0 aliphatic rings. The summed E-state index contributed by atoms with van der Waals surface area (Å²) in [6, 6.07) is 1.65. The van der Waals surface area contributed by atoms with Crippen molar-refractivity contribution in [3.63, 3.8) is 0 Å². The van der Waals surface area contributed by atoms with Gasteiger partial charge in [0.2, 0.25) is 0 Å². The second-order valence-corrected chi connectivity index (χ2v) is 3.19. The van der Waals surface area contributed by atoms with Crippen molar-refractivity contribution < 1.29 is 9.18 Å². The fourth-order valence-electron chi connectivity index (χ4n) is 1.17. The molecule has 0 N–H and O–H groups in total. The van der Waals surface area contributed by atoms with Crippen LogP contribution in [0.15, 0.2) is 12.3 Å².